The Labute approximate surface area is 123 Å². The van der Waals surface area contributed by atoms with E-state index in [0.717, 1.165) is 5.56 Å². The zero-order chi connectivity index (χ0) is 15.1. The van der Waals surface area contributed by atoms with Gasteiger partial charge in [-0.25, -0.2) is 9.59 Å². The summed E-state index contributed by atoms with van der Waals surface area (Å²) >= 11 is 5.80. The molecule has 0 aromatic heterocycles. The third kappa shape index (κ3) is 5.09. The first-order valence-corrected chi connectivity index (χ1v) is 6.87. The highest BCUT2D eigenvalue weighted by Crippen LogP contribution is 2.15. The number of rotatable bonds is 6. The van der Waals surface area contributed by atoms with Gasteiger partial charge in [0, 0.05) is 5.02 Å². The molecule has 1 rings (SSSR count). The molecule has 3 N–H and O–H groups in total. The predicted octanol–water partition coefficient (Wildman–Crippen LogP) is 2.95. The third-order valence-electron chi connectivity index (χ3n) is 2.90. The highest BCUT2D eigenvalue weighted by molar-refractivity contribution is 6.30. The minimum absolute atomic E-state index is 0.233. The normalized spacial score (nSPS) is 13.3. The lowest BCUT2D eigenvalue weighted by molar-refractivity contribution is -0.139. The van der Waals surface area contributed by atoms with Crippen LogP contribution in [-0.4, -0.2) is 23.1 Å². The van der Waals surface area contributed by atoms with Gasteiger partial charge in [-0.2, -0.15) is 0 Å². The van der Waals surface area contributed by atoms with E-state index in [-0.39, 0.29) is 6.04 Å². The van der Waals surface area contributed by atoms with Crippen LogP contribution in [0.15, 0.2) is 24.3 Å². The van der Waals surface area contributed by atoms with Crippen LogP contribution in [0, 0.1) is 0 Å². The van der Waals surface area contributed by atoms with Crippen molar-refractivity contribution in [3.8, 4) is 0 Å². The van der Waals surface area contributed by atoms with Gasteiger partial charge >= 0.3 is 12.0 Å². The second-order valence-corrected chi connectivity index (χ2v) is 5.01. The molecule has 5 nitrogen and oxygen atoms in total. The number of halogens is 1. The zero-order valence-corrected chi connectivity index (χ0v) is 12.3. The van der Waals surface area contributed by atoms with Gasteiger partial charge in [-0.05, 0) is 31.0 Å². The maximum atomic E-state index is 11.8. The van der Waals surface area contributed by atoms with Crippen LogP contribution < -0.4 is 10.6 Å². The van der Waals surface area contributed by atoms with Gasteiger partial charge in [0.25, 0.3) is 0 Å². The van der Waals surface area contributed by atoms with Crippen molar-refractivity contribution in [2.45, 2.75) is 38.8 Å². The second kappa shape index (κ2) is 7.75. The van der Waals surface area contributed by atoms with Crippen molar-refractivity contribution in [3.05, 3.63) is 34.9 Å². The Morgan fingerprint density at radius 3 is 2.35 bits per heavy atom. The van der Waals surface area contributed by atoms with E-state index in [1.54, 1.807) is 12.1 Å². The lowest BCUT2D eigenvalue weighted by atomic mass is 10.1. The highest BCUT2D eigenvalue weighted by Gasteiger charge is 2.19. The van der Waals surface area contributed by atoms with Crippen LogP contribution >= 0.6 is 11.6 Å². The number of hydrogen-bond donors (Lipinski definition) is 3. The molecule has 0 aliphatic rings. The molecule has 6 heteroatoms. The van der Waals surface area contributed by atoms with E-state index in [2.05, 4.69) is 10.6 Å². The van der Waals surface area contributed by atoms with E-state index in [0.29, 0.717) is 17.9 Å². The number of hydrogen-bond acceptors (Lipinski definition) is 2. The highest BCUT2D eigenvalue weighted by atomic mass is 35.5. The number of carbonyl (C=O) groups excluding carboxylic acids is 1. The number of nitrogens with one attached hydrogen (secondary N) is 2. The minimum atomic E-state index is -1.03. The number of carboxylic acid groups (broad SMARTS) is 1. The molecule has 0 radical (unpaired) electrons. The van der Waals surface area contributed by atoms with Crippen LogP contribution in [-0.2, 0) is 4.79 Å². The Hall–Kier alpha value is -1.75. The molecule has 0 heterocycles. The fourth-order valence-electron chi connectivity index (χ4n) is 1.78. The summed E-state index contributed by atoms with van der Waals surface area (Å²) in [7, 11) is 0. The van der Waals surface area contributed by atoms with Crippen molar-refractivity contribution in [3.63, 3.8) is 0 Å². The van der Waals surface area contributed by atoms with E-state index in [1.165, 1.54) is 0 Å². The van der Waals surface area contributed by atoms with Crippen LogP contribution in [0.5, 0.6) is 0 Å². The average Bonchev–Trinajstić information content (AvgIpc) is 2.38. The van der Waals surface area contributed by atoms with E-state index in [4.69, 9.17) is 16.7 Å². The van der Waals surface area contributed by atoms with Crippen LogP contribution in [0.2, 0.25) is 5.02 Å². The van der Waals surface area contributed by atoms with E-state index in [1.807, 2.05) is 26.0 Å². The molecule has 0 fully saturated rings. The molecule has 20 heavy (non-hydrogen) atoms. The molecule has 0 aliphatic heterocycles. The topological polar surface area (TPSA) is 78.4 Å². The monoisotopic (exact) mass is 298 g/mol. The molecule has 110 valence electrons. The first kappa shape index (κ1) is 16.3. The van der Waals surface area contributed by atoms with Crippen molar-refractivity contribution >= 4 is 23.6 Å². The first-order valence-electron chi connectivity index (χ1n) is 6.49. The maximum Gasteiger partial charge on any atom is 0.326 e. The molecule has 0 aliphatic carbocycles. The number of amides is 2. The number of carboxylic acids is 1. The van der Waals surface area contributed by atoms with Crippen LogP contribution in [0.25, 0.3) is 0 Å². The Balaban J connectivity index is 2.56. The van der Waals surface area contributed by atoms with Crippen molar-refractivity contribution in [2.24, 2.45) is 0 Å². The summed E-state index contributed by atoms with van der Waals surface area (Å²) in [4.78, 5) is 22.7. The summed E-state index contributed by atoms with van der Waals surface area (Å²) in [6, 6.07) is 5.52. The van der Waals surface area contributed by atoms with Crippen molar-refractivity contribution in [1.29, 1.82) is 0 Å². The van der Waals surface area contributed by atoms with Crippen molar-refractivity contribution in [2.75, 3.05) is 0 Å². The molecular formula is C14H19ClN2O3. The molecule has 2 unspecified atom stereocenters. The van der Waals surface area contributed by atoms with Crippen LogP contribution in [0.4, 0.5) is 4.79 Å². The summed E-state index contributed by atoms with van der Waals surface area (Å²) in [5.41, 5.74) is 0.895. The van der Waals surface area contributed by atoms with Gasteiger partial charge in [-0.15, -0.1) is 0 Å². The van der Waals surface area contributed by atoms with Crippen molar-refractivity contribution in [1.82, 2.24) is 10.6 Å². The van der Waals surface area contributed by atoms with Gasteiger partial charge in [0.15, 0.2) is 0 Å². The van der Waals surface area contributed by atoms with E-state index >= 15 is 0 Å². The van der Waals surface area contributed by atoms with Crippen LogP contribution in [0.3, 0.4) is 0 Å². The van der Waals surface area contributed by atoms with E-state index in [9.17, 15) is 9.59 Å². The third-order valence-corrected chi connectivity index (χ3v) is 3.15. The molecule has 2 atom stereocenters. The quantitative estimate of drug-likeness (QED) is 0.755. The fraction of sp³-hybridized carbons (Fsp3) is 0.429. The second-order valence-electron chi connectivity index (χ2n) is 4.57. The standard InChI is InChI=1S/C14H19ClN2O3/c1-3-4-12(13(18)19)17-14(20)16-9(2)10-5-7-11(15)8-6-10/h5-9,12H,3-4H2,1-2H3,(H,18,19)(H2,16,17,20). The smallest absolute Gasteiger partial charge is 0.326 e. The Morgan fingerprint density at radius 1 is 1.25 bits per heavy atom. The van der Waals surface area contributed by atoms with Crippen LogP contribution in [0.1, 0.15) is 38.3 Å². The molecule has 0 saturated heterocycles. The summed E-state index contributed by atoms with van der Waals surface area (Å²) in [6.07, 6.45) is 1.09. The SMILES string of the molecule is CCCC(NC(=O)NC(C)c1ccc(Cl)cc1)C(=O)O. The predicted molar refractivity (Wildman–Crippen MR) is 77.9 cm³/mol. The number of benzene rings is 1. The fourth-order valence-corrected chi connectivity index (χ4v) is 1.90. The molecule has 1 aromatic rings. The minimum Gasteiger partial charge on any atom is -0.480 e. The maximum absolute atomic E-state index is 11.8. The number of carbonyl (C=O) groups is 2. The zero-order valence-electron chi connectivity index (χ0n) is 11.5. The Kier molecular flexibility index (Phi) is 6.31. The number of aliphatic carboxylic acids is 1. The van der Waals surface area contributed by atoms with Gasteiger partial charge < -0.3 is 15.7 Å². The Morgan fingerprint density at radius 2 is 1.85 bits per heavy atom. The Bertz CT molecular complexity index is 462. The molecule has 1 aromatic carbocycles. The van der Waals surface area contributed by atoms with Gasteiger partial charge in [0.1, 0.15) is 6.04 Å². The summed E-state index contributed by atoms with van der Waals surface area (Å²) < 4.78 is 0. The van der Waals surface area contributed by atoms with Gasteiger partial charge in [-0.3, -0.25) is 0 Å². The summed E-state index contributed by atoms with van der Waals surface area (Å²) in [6.45, 7) is 3.68. The van der Waals surface area contributed by atoms with E-state index < -0.39 is 18.0 Å². The largest absolute Gasteiger partial charge is 0.480 e. The number of urea groups is 1. The summed E-state index contributed by atoms with van der Waals surface area (Å²) in [5, 5.41) is 14.8. The molecular weight excluding hydrogens is 280 g/mol. The molecule has 0 bridgehead atoms. The lowest BCUT2D eigenvalue weighted by Gasteiger charge is -2.18. The van der Waals surface area contributed by atoms with Gasteiger partial charge in [-0.1, -0.05) is 37.1 Å². The first-order chi connectivity index (χ1) is 9.43. The molecule has 0 saturated carbocycles. The molecule has 2 amide bonds. The van der Waals surface area contributed by atoms with Gasteiger partial charge in [0.05, 0.1) is 6.04 Å². The molecule has 0 spiro atoms. The van der Waals surface area contributed by atoms with Gasteiger partial charge in [0.2, 0.25) is 0 Å². The lowest BCUT2D eigenvalue weighted by Crippen LogP contribution is -2.46. The van der Waals surface area contributed by atoms with Crippen molar-refractivity contribution < 1.29 is 14.7 Å². The summed E-state index contributed by atoms with van der Waals surface area (Å²) in [5.74, 6) is -1.03. The average molecular weight is 299 g/mol.